The first kappa shape index (κ1) is 25.2. The second-order valence-corrected chi connectivity index (χ2v) is 9.53. The van der Waals surface area contributed by atoms with Gasteiger partial charge in [0.2, 0.25) is 10.0 Å². The molecule has 0 atom stereocenters. The largest absolute Gasteiger partial charge is 0.495 e. The molecule has 9 heteroatoms. The molecule has 3 rings (SSSR count). The van der Waals surface area contributed by atoms with Gasteiger partial charge in [0.05, 0.1) is 13.7 Å². The zero-order valence-corrected chi connectivity index (χ0v) is 20.3. The van der Waals surface area contributed by atoms with Crippen LogP contribution in [0.25, 0.3) is 0 Å². The Hall–Kier alpha value is -3.43. The number of nitrogens with one attached hydrogen (secondary N) is 1. The van der Waals surface area contributed by atoms with E-state index in [9.17, 15) is 18.0 Å². The van der Waals surface area contributed by atoms with E-state index in [0.29, 0.717) is 19.6 Å². The first-order chi connectivity index (χ1) is 16.3. The van der Waals surface area contributed by atoms with Gasteiger partial charge in [-0.15, -0.1) is 0 Å². The number of hydrogen-bond donors (Lipinski definition) is 1. The topological polar surface area (TPSA) is 97.7 Å². The highest BCUT2D eigenvalue weighted by Crippen LogP contribution is 2.28. The van der Waals surface area contributed by atoms with Crippen molar-refractivity contribution in [2.75, 3.05) is 20.2 Å². The Morgan fingerprint density at radius 2 is 1.68 bits per heavy atom. The Morgan fingerprint density at radius 3 is 2.29 bits per heavy atom. The van der Waals surface area contributed by atoms with Crippen LogP contribution in [0.2, 0.25) is 0 Å². The molecule has 0 aliphatic rings. The molecule has 0 spiro atoms. The summed E-state index contributed by atoms with van der Waals surface area (Å²) in [4.78, 5) is 24.6. The second-order valence-electron chi connectivity index (χ2n) is 7.62. The number of amides is 1. The van der Waals surface area contributed by atoms with Crippen molar-refractivity contribution in [3.8, 4) is 5.75 Å². The minimum Gasteiger partial charge on any atom is -0.495 e. The number of pyridine rings is 1. The molecular weight excluding hydrogens is 454 g/mol. The highest BCUT2D eigenvalue weighted by Gasteiger charge is 2.26. The van der Waals surface area contributed by atoms with Crippen molar-refractivity contribution in [1.29, 1.82) is 0 Å². The first-order valence-electron chi connectivity index (χ1n) is 11.0. The molecule has 0 saturated heterocycles. The van der Waals surface area contributed by atoms with Gasteiger partial charge in [-0.1, -0.05) is 44.2 Å². The summed E-state index contributed by atoms with van der Waals surface area (Å²) in [7, 11) is -2.40. The van der Waals surface area contributed by atoms with Crippen molar-refractivity contribution < 1.29 is 17.9 Å². The standard InChI is InChI=1S/C25H29N3O5S/c1-4-28(5-2)34(31,32)23-16-21(13-14-22(23)33-3)25(30)26-17-19-9-11-20(12-10-19)18-27-15-7-6-8-24(27)29/h6-16H,4-5,17-18H2,1-3H3,(H,26,30). The number of methoxy groups -OCH3 is 1. The maximum absolute atomic E-state index is 13.0. The highest BCUT2D eigenvalue weighted by molar-refractivity contribution is 7.89. The number of sulfonamides is 1. The van der Waals surface area contributed by atoms with Crippen molar-refractivity contribution in [3.05, 3.63) is 93.9 Å². The average Bonchev–Trinajstić information content (AvgIpc) is 2.85. The molecule has 0 saturated carbocycles. The predicted octanol–water partition coefficient (Wildman–Crippen LogP) is 2.87. The van der Waals surface area contributed by atoms with E-state index in [1.165, 1.54) is 35.7 Å². The second kappa shape index (κ2) is 11.1. The molecule has 0 bridgehead atoms. The predicted molar refractivity (Wildman–Crippen MR) is 131 cm³/mol. The molecule has 180 valence electrons. The van der Waals surface area contributed by atoms with Crippen molar-refractivity contribution in [1.82, 2.24) is 14.2 Å². The maximum atomic E-state index is 13.0. The van der Waals surface area contributed by atoms with Crippen LogP contribution in [0.4, 0.5) is 0 Å². The molecular formula is C25H29N3O5S. The number of hydrogen-bond acceptors (Lipinski definition) is 5. The highest BCUT2D eigenvalue weighted by atomic mass is 32.2. The molecule has 3 aromatic rings. The number of nitrogens with zero attached hydrogens (tertiary/aromatic N) is 2. The lowest BCUT2D eigenvalue weighted by molar-refractivity contribution is 0.0950. The monoisotopic (exact) mass is 483 g/mol. The van der Waals surface area contributed by atoms with Crippen LogP contribution in [0.15, 0.2) is 76.6 Å². The van der Waals surface area contributed by atoms with E-state index in [1.54, 1.807) is 30.7 Å². The third kappa shape index (κ3) is 5.73. The Morgan fingerprint density at radius 1 is 1.00 bits per heavy atom. The number of ether oxygens (including phenoxy) is 1. The molecule has 0 aliphatic heterocycles. The number of carbonyl (C=O) groups is 1. The van der Waals surface area contributed by atoms with Crippen LogP contribution < -0.4 is 15.6 Å². The Balaban J connectivity index is 1.71. The third-order valence-electron chi connectivity index (χ3n) is 5.48. The first-order valence-corrected chi connectivity index (χ1v) is 12.4. The van der Waals surface area contributed by atoms with Gasteiger partial charge < -0.3 is 14.6 Å². The van der Waals surface area contributed by atoms with Gasteiger partial charge in [-0.3, -0.25) is 9.59 Å². The Kier molecular flexibility index (Phi) is 8.25. The summed E-state index contributed by atoms with van der Waals surface area (Å²) in [6.07, 6.45) is 1.74. The van der Waals surface area contributed by atoms with Crippen molar-refractivity contribution in [2.24, 2.45) is 0 Å². The molecule has 1 amide bonds. The van der Waals surface area contributed by atoms with Crippen LogP contribution in [0, 0.1) is 0 Å². The molecule has 8 nitrogen and oxygen atoms in total. The zero-order chi connectivity index (χ0) is 24.7. The molecule has 1 aromatic heterocycles. The van der Waals surface area contributed by atoms with E-state index >= 15 is 0 Å². The van der Waals surface area contributed by atoms with E-state index in [2.05, 4.69) is 5.32 Å². The summed E-state index contributed by atoms with van der Waals surface area (Å²) in [6, 6.07) is 17.0. The fourth-order valence-corrected chi connectivity index (χ4v) is 5.20. The minimum atomic E-state index is -3.80. The fourth-order valence-electron chi connectivity index (χ4n) is 3.56. The van der Waals surface area contributed by atoms with Gasteiger partial charge in [0.1, 0.15) is 10.6 Å². The average molecular weight is 484 g/mol. The molecule has 0 unspecified atom stereocenters. The third-order valence-corrected chi connectivity index (χ3v) is 7.55. The van der Waals surface area contributed by atoms with Crippen molar-refractivity contribution >= 4 is 15.9 Å². The van der Waals surface area contributed by atoms with E-state index in [1.807, 2.05) is 30.3 Å². The van der Waals surface area contributed by atoms with E-state index < -0.39 is 15.9 Å². The number of aromatic nitrogens is 1. The van der Waals surface area contributed by atoms with Gasteiger partial charge in [-0.25, -0.2) is 8.42 Å². The summed E-state index contributed by atoms with van der Waals surface area (Å²) in [6.45, 7) is 4.87. The molecule has 0 aliphatic carbocycles. The van der Waals surface area contributed by atoms with Crippen LogP contribution >= 0.6 is 0 Å². The van der Waals surface area contributed by atoms with E-state index in [-0.39, 0.29) is 28.3 Å². The van der Waals surface area contributed by atoms with E-state index in [0.717, 1.165) is 11.1 Å². The maximum Gasteiger partial charge on any atom is 0.251 e. The summed E-state index contributed by atoms with van der Waals surface area (Å²) < 4.78 is 34.2. The van der Waals surface area contributed by atoms with Crippen LogP contribution in [-0.2, 0) is 23.1 Å². The van der Waals surface area contributed by atoms with Gasteiger partial charge >= 0.3 is 0 Å². The van der Waals surface area contributed by atoms with Gasteiger partial charge in [0.15, 0.2) is 0 Å². The fraction of sp³-hybridized carbons (Fsp3) is 0.280. The lowest BCUT2D eigenvalue weighted by atomic mass is 10.1. The van der Waals surface area contributed by atoms with Crippen LogP contribution in [-0.4, -0.2) is 43.4 Å². The number of rotatable bonds is 10. The van der Waals surface area contributed by atoms with Crippen molar-refractivity contribution in [3.63, 3.8) is 0 Å². The SMILES string of the molecule is CCN(CC)S(=O)(=O)c1cc(C(=O)NCc2ccc(Cn3ccccc3=O)cc2)ccc1OC. The van der Waals surface area contributed by atoms with Gasteiger partial charge in [-0.2, -0.15) is 4.31 Å². The minimum absolute atomic E-state index is 0.0353. The summed E-state index contributed by atoms with van der Waals surface area (Å²) in [5.41, 5.74) is 2.00. The summed E-state index contributed by atoms with van der Waals surface area (Å²) in [5, 5.41) is 2.82. The Bertz CT molecular complexity index is 1300. The zero-order valence-electron chi connectivity index (χ0n) is 19.5. The lowest BCUT2D eigenvalue weighted by Gasteiger charge is -2.20. The smallest absolute Gasteiger partial charge is 0.251 e. The van der Waals surface area contributed by atoms with Crippen LogP contribution in [0.3, 0.4) is 0 Å². The summed E-state index contributed by atoms with van der Waals surface area (Å²) >= 11 is 0. The lowest BCUT2D eigenvalue weighted by Crippen LogP contribution is -2.31. The molecule has 1 N–H and O–H groups in total. The number of carbonyl (C=O) groups excluding carboxylic acids is 1. The summed E-state index contributed by atoms with van der Waals surface area (Å²) in [5.74, 6) is -0.199. The van der Waals surface area contributed by atoms with Gasteiger partial charge in [0.25, 0.3) is 11.5 Å². The van der Waals surface area contributed by atoms with Crippen LogP contribution in [0.5, 0.6) is 5.75 Å². The van der Waals surface area contributed by atoms with E-state index in [4.69, 9.17) is 4.74 Å². The normalized spacial score (nSPS) is 11.4. The molecule has 0 fully saturated rings. The molecule has 2 aromatic carbocycles. The van der Waals surface area contributed by atoms with Gasteiger partial charge in [0, 0.05) is 37.5 Å². The van der Waals surface area contributed by atoms with Crippen molar-refractivity contribution in [2.45, 2.75) is 31.8 Å². The molecule has 0 radical (unpaired) electrons. The molecule has 34 heavy (non-hydrogen) atoms. The molecule has 1 heterocycles. The van der Waals surface area contributed by atoms with Crippen LogP contribution in [0.1, 0.15) is 35.3 Å². The quantitative estimate of drug-likeness (QED) is 0.478. The van der Waals surface area contributed by atoms with Gasteiger partial charge in [-0.05, 0) is 35.4 Å². The number of benzene rings is 2. The Labute approximate surface area is 199 Å².